The van der Waals surface area contributed by atoms with Crippen molar-refractivity contribution in [1.29, 1.82) is 0 Å². The van der Waals surface area contributed by atoms with Crippen LogP contribution >= 0.6 is 22.9 Å². The van der Waals surface area contributed by atoms with Gasteiger partial charge >= 0.3 is 0 Å². The number of piperazine rings is 1. The molecule has 0 radical (unpaired) electrons. The minimum Gasteiger partial charge on any atom is -0.340 e. The summed E-state index contributed by atoms with van der Waals surface area (Å²) in [7, 11) is 0. The maximum atomic E-state index is 12.4. The van der Waals surface area contributed by atoms with E-state index in [1.165, 1.54) is 0 Å². The molecular formula is C19H19ClN4O2S. The van der Waals surface area contributed by atoms with Gasteiger partial charge in [-0.05, 0) is 29.6 Å². The van der Waals surface area contributed by atoms with Gasteiger partial charge in [0, 0.05) is 41.6 Å². The highest BCUT2D eigenvalue weighted by molar-refractivity contribution is 7.10. The number of benzene rings is 1. The molecule has 1 saturated heterocycles. The van der Waals surface area contributed by atoms with Crippen LogP contribution in [0.25, 0.3) is 11.5 Å². The molecule has 4 rings (SSSR count). The third-order valence-electron chi connectivity index (χ3n) is 4.54. The molecule has 1 fully saturated rings. The standard InChI is InChI=1S/C19H19ClN4O2S/c20-15-4-1-3-14(11-15)19-21-17(22-26-19)13-23-6-8-24(9-7-23)18(25)12-16-5-2-10-27-16/h1-5,10-11H,6-9,12-13H2. The van der Waals surface area contributed by atoms with Crippen molar-refractivity contribution in [1.82, 2.24) is 19.9 Å². The van der Waals surface area contributed by atoms with Crippen molar-refractivity contribution in [3.8, 4) is 11.5 Å². The Morgan fingerprint density at radius 1 is 1.19 bits per heavy atom. The highest BCUT2D eigenvalue weighted by Gasteiger charge is 2.22. The van der Waals surface area contributed by atoms with Gasteiger partial charge < -0.3 is 9.42 Å². The molecule has 6 nitrogen and oxygen atoms in total. The maximum absolute atomic E-state index is 12.4. The van der Waals surface area contributed by atoms with Gasteiger partial charge in [0.2, 0.25) is 5.91 Å². The van der Waals surface area contributed by atoms with E-state index < -0.39 is 0 Å². The van der Waals surface area contributed by atoms with E-state index in [1.807, 2.05) is 40.6 Å². The predicted molar refractivity (Wildman–Crippen MR) is 105 cm³/mol. The molecule has 3 heterocycles. The number of aromatic nitrogens is 2. The maximum Gasteiger partial charge on any atom is 0.258 e. The van der Waals surface area contributed by atoms with E-state index in [-0.39, 0.29) is 5.91 Å². The number of halogens is 1. The summed E-state index contributed by atoms with van der Waals surface area (Å²) in [4.78, 5) is 22.1. The summed E-state index contributed by atoms with van der Waals surface area (Å²) in [5, 5.41) is 6.71. The Morgan fingerprint density at radius 2 is 2.04 bits per heavy atom. The van der Waals surface area contributed by atoms with E-state index in [2.05, 4.69) is 15.0 Å². The fourth-order valence-electron chi connectivity index (χ4n) is 3.09. The van der Waals surface area contributed by atoms with Gasteiger partial charge in [0.15, 0.2) is 5.82 Å². The molecule has 3 aromatic rings. The summed E-state index contributed by atoms with van der Waals surface area (Å²) in [6.07, 6.45) is 0.492. The number of rotatable bonds is 5. The lowest BCUT2D eigenvalue weighted by Crippen LogP contribution is -2.48. The highest BCUT2D eigenvalue weighted by atomic mass is 35.5. The van der Waals surface area contributed by atoms with Gasteiger partial charge in [-0.1, -0.05) is 28.9 Å². The van der Waals surface area contributed by atoms with Crippen molar-refractivity contribution in [2.75, 3.05) is 26.2 Å². The summed E-state index contributed by atoms with van der Waals surface area (Å²) in [5.41, 5.74) is 0.810. The van der Waals surface area contributed by atoms with Gasteiger partial charge in [-0.25, -0.2) is 0 Å². The van der Waals surface area contributed by atoms with E-state index in [0.29, 0.717) is 29.7 Å². The van der Waals surface area contributed by atoms with Gasteiger partial charge in [-0.15, -0.1) is 11.3 Å². The molecule has 27 heavy (non-hydrogen) atoms. The number of nitrogens with zero attached hydrogens (tertiary/aromatic N) is 4. The Morgan fingerprint density at radius 3 is 2.78 bits per heavy atom. The van der Waals surface area contributed by atoms with Crippen molar-refractivity contribution in [3.63, 3.8) is 0 Å². The van der Waals surface area contributed by atoms with Crippen LogP contribution in [0.1, 0.15) is 10.7 Å². The molecule has 0 unspecified atom stereocenters. The van der Waals surface area contributed by atoms with Gasteiger partial charge in [0.25, 0.3) is 5.89 Å². The second kappa shape index (κ2) is 8.21. The summed E-state index contributed by atoms with van der Waals surface area (Å²) < 4.78 is 5.36. The first-order chi connectivity index (χ1) is 13.2. The molecule has 0 aliphatic carbocycles. The second-order valence-electron chi connectivity index (χ2n) is 6.44. The number of hydrogen-bond donors (Lipinski definition) is 0. The fraction of sp³-hybridized carbons (Fsp3) is 0.316. The molecule has 1 aliphatic rings. The van der Waals surface area contributed by atoms with Gasteiger partial charge in [0.05, 0.1) is 13.0 Å². The number of hydrogen-bond acceptors (Lipinski definition) is 6. The van der Waals surface area contributed by atoms with E-state index in [4.69, 9.17) is 16.1 Å². The summed E-state index contributed by atoms with van der Waals surface area (Å²) >= 11 is 7.64. The van der Waals surface area contributed by atoms with Crippen molar-refractivity contribution < 1.29 is 9.32 Å². The third kappa shape index (κ3) is 4.55. The molecular weight excluding hydrogens is 384 g/mol. The first-order valence-electron chi connectivity index (χ1n) is 8.78. The zero-order valence-corrected chi connectivity index (χ0v) is 16.2. The molecule has 140 valence electrons. The van der Waals surface area contributed by atoms with Crippen LogP contribution < -0.4 is 0 Å². The summed E-state index contributed by atoms with van der Waals surface area (Å²) in [6.45, 7) is 3.66. The first kappa shape index (κ1) is 18.2. The highest BCUT2D eigenvalue weighted by Crippen LogP contribution is 2.21. The Labute approximate surface area is 166 Å². The zero-order valence-electron chi connectivity index (χ0n) is 14.7. The smallest absolute Gasteiger partial charge is 0.258 e. The lowest BCUT2D eigenvalue weighted by atomic mass is 10.2. The van der Waals surface area contributed by atoms with Crippen LogP contribution in [0.2, 0.25) is 5.02 Å². The number of carbonyl (C=O) groups excluding carboxylic acids is 1. The molecule has 0 N–H and O–H groups in total. The monoisotopic (exact) mass is 402 g/mol. The topological polar surface area (TPSA) is 62.5 Å². The SMILES string of the molecule is O=C(Cc1cccs1)N1CCN(Cc2noc(-c3cccc(Cl)c3)n2)CC1. The Balaban J connectivity index is 1.30. The van der Waals surface area contributed by atoms with Crippen molar-refractivity contribution in [3.05, 3.63) is 57.5 Å². The van der Waals surface area contributed by atoms with Crippen LogP contribution in [-0.4, -0.2) is 52.0 Å². The molecule has 8 heteroatoms. The lowest BCUT2D eigenvalue weighted by Gasteiger charge is -2.34. The Kier molecular flexibility index (Phi) is 5.52. The second-order valence-corrected chi connectivity index (χ2v) is 7.91. The van der Waals surface area contributed by atoms with Crippen LogP contribution in [0.3, 0.4) is 0 Å². The van der Waals surface area contributed by atoms with Gasteiger partial charge in [0.1, 0.15) is 0 Å². The average Bonchev–Trinajstić information content (AvgIpc) is 3.34. The van der Waals surface area contributed by atoms with Crippen molar-refractivity contribution in [2.24, 2.45) is 0 Å². The van der Waals surface area contributed by atoms with Crippen LogP contribution in [0.15, 0.2) is 46.3 Å². The molecule has 0 atom stereocenters. The molecule has 0 saturated carbocycles. The minimum atomic E-state index is 0.194. The third-order valence-corrected chi connectivity index (χ3v) is 5.65. The quantitative estimate of drug-likeness (QED) is 0.655. The molecule has 1 amide bonds. The van der Waals surface area contributed by atoms with Crippen LogP contribution in [0, 0.1) is 0 Å². The number of amides is 1. The van der Waals surface area contributed by atoms with Crippen LogP contribution in [-0.2, 0) is 17.8 Å². The Bertz CT molecular complexity index is 904. The van der Waals surface area contributed by atoms with Crippen molar-refractivity contribution >= 4 is 28.8 Å². The molecule has 1 aromatic carbocycles. The van der Waals surface area contributed by atoms with E-state index in [0.717, 1.165) is 36.6 Å². The lowest BCUT2D eigenvalue weighted by molar-refractivity contribution is -0.132. The van der Waals surface area contributed by atoms with E-state index >= 15 is 0 Å². The van der Waals surface area contributed by atoms with Gasteiger partial charge in [-0.3, -0.25) is 9.69 Å². The van der Waals surface area contributed by atoms with Gasteiger partial charge in [-0.2, -0.15) is 4.98 Å². The van der Waals surface area contributed by atoms with E-state index in [1.54, 1.807) is 17.4 Å². The van der Waals surface area contributed by atoms with Crippen LogP contribution in [0.5, 0.6) is 0 Å². The zero-order chi connectivity index (χ0) is 18.6. The van der Waals surface area contributed by atoms with Crippen LogP contribution in [0.4, 0.5) is 0 Å². The largest absolute Gasteiger partial charge is 0.340 e. The first-order valence-corrected chi connectivity index (χ1v) is 10.0. The molecule has 2 aromatic heterocycles. The number of thiophene rings is 1. The normalized spacial score (nSPS) is 15.2. The van der Waals surface area contributed by atoms with Crippen molar-refractivity contribution in [2.45, 2.75) is 13.0 Å². The fourth-order valence-corrected chi connectivity index (χ4v) is 3.97. The molecule has 1 aliphatic heterocycles. The predicted octanol–water partition coefficient (Wildman–Crippen LogP) is 3.34. The van der Waals surface area contributed by atoms with E-state index in [9.17, 15) is 4.79 Å². The minimum absolute atomic E-state index is 0.194. The Hall–Kier alpha value is -2.22. The molecule has 0 bridgehead atoms. The summed E-state index contributed by atoms with van der Waals surface area (Å²) in [6, 6.07) is 11.3. The average molecular weight is 403 g/mol. The number of carbonyl (C=O) groups is 1. The molecule has 0 spiro atoms. The summed E-state index contributed by atoms with van der Waals surface area (Å²) in [5.74, 6) is 1.31.